The molecule has 0 aromatic heterocycles. The number of non-ortho nitro benzene ring substituents is 1. The molecule has 4 aromatic rings. The van der Waals surface area contributed by atoms with E-state index in [1.807, 2.05) is 36.4 Å². The predicted octanol–water partition coefficient (Wildman–Crippen LogP) is 5.81. The van der Waals surface area contributed by atoms with E-state index in [9.17, 15) is 29.9 Å². The smallest absolute Gasteiger partial charge is 0.331 e. The summed E-state index contributed by atoms with van der Waals surface area (Å²) in [6.07, 6.45) is -0.0555. The topological polar surface area (TPSA) is 147 Å². The van der Waals surface area contributed by atoms with Crippen molar-refractivity contribution in [2.24, 2.45) is 4.99 Å². The number of nitro benzene ring substituents is 1. The molecule has 11 heteroatoms. The average molecular weight is 650 g/mol. The van der Waals surface area contributed by atoms with Crippen LogP contribution in [0, 0.1) is 10.1 Å². The second kappa shape index (κ2) is 15.3. The van der Waals surface area contributed by atoms with Gasteiger partial charge in [0, 0.05) is 40.7 Å². The van der Waals surface area contributed by atoms with E-state index in [4.69, 9.17) is 0 Å². The van der Waals surface area contributed by atoms with E-state index < -0.39 is 29.1 Å². The van der Waals surface area contributed by atoms with Crippen molar-refractivity contribution in [3.8, 4) is 0 Å². The van der Waals surface area contributed by atoms with Gasteiger partial charge in [0.1, 0.15) is 6.10 Å². The summed E-state index contributed by atoms with van der Waals surface area (Å²) in [6.45, 7) is 1.41. The Morgan fingerprint density at radius 1 is 0.933 bits per heavy atom. The number of amides is 1. The summed E-state index contributed by atoms with van der Waals surface area (Å²) in [6, 6.07) is 28.7. The van der Waals surface area contributed by atoms with E-state index in [0.717, 1.165) is 18.5 Å². The van der Waals surface area contributed by atoms with Crippen LogP contribution in [0.25, 0.3) is 5.32 Å². The van der Waals surface area contributed by atoms with Crippen LogP contribution in [0.5, 0.6) is 0 Å². The molecule has 5 rings (SSSR count). The minimum atomic E-state index is -1.66. The molecule has 0 spiro atoms. The number of aliphatic carboxylic acids is 1. The fraction of sp³-hybridized carbons (Fsp3) is 0.206. The number of carbonyl (C=O) groups excluding carboxylic acids is 1. The van der Waals surface area contributed by atoms with Crippen molar-refractivity contribution < 1.29 is 41.2 Å². The van der Waals surface area contributed by atoms with Gasteiger partial charge in [-0.15, -0.1) is 5.69 Å². The maximum absolute atomic E-state index is 13.6. The van der Waals surface area contributed by atoms with Gasteiger partial charge in [-0.05, 0) is 48.2 Å². The molecule has 2 N–H and O–H groups in total. The first-order valence-electron chi connectivity index (χ1n) is 14.2. The Hall–Kier alpha value is -4.70. The zero-order chi connectivity index (χ0) is 31.1. The van der Waals surface area contributed by atoms with Crippen molar-refractivity contribution in [2.75, 3.05) is 6.54 Å². The zero-order valence-corrected chi connectivity index (χ0v) is 25.1. The molecule has 1 aliphatic rings. The number of benzene rings is 4. The van der Waals surface area contributed by atoms with Gasteiger partial charge in [0.25, 0.3) is 5.69 Å². The molecule has 234 valence electrons. The summed E-state index contributed by atoms with van der Waals surface area (Å²) in [4.78, 5) is 43.2. The Morgan fingerprint density at radius 2 is 1.56 bits per heavy atom. The molecule has 1 fully saturated rings. The van der Waals surface area contributed by atoms with Crippen molar-refractivity contribution >= 4 is 29.0 Å². The number of para-hydroxylation sites is 1. The minimum Gasteiger partial charge on any atom is -0.625 e. The first-order chi connectivity index (χ1) is 21.3. The molecule has 1 heterocycles. The average Bonchev–Trinajstić information content (AvgIpc) is 3.51. The van der Waals surface area contributed by atoms with Gasteiger partial charge in [0.15, 0.2) is 6.04 Å². The molecule has 0 unspecified atom stereocenters. The van der Waals surface area contributed by atoms with E-state index in [-0.39, 0.29) is 39.4 Å². The van der Waals surface area contributed by atoms with Crippen molar-refractivity contribution in [2.45, 2.75) is 37.6 Å². The number of rotatable bonds is 11. The Labute approximate surface area is 270 Å². The van der Waals surface area contributed by atoms with Gasteiger partial charge >= 0.3 is 5.97 Å². The molecule has 0 radical (unpaired) electrons. The molecule has 1 amide bonds. The maximum atomic E-state index is 13.6. The second-order valence-electron chi connectivity index (χ2n) is 10.5. The van der Waals surface area contributed by atoms with Crippen LogP contribution in [0.1, 0.15) is 41.2 Å². The standard InChI is InChI=1S/C34H32N4O6.Ni/c39-32(25-17-19-26(20-18-25)38(43)44)31(34(41)42)36-30(24-12-5-2-6-13-24)27-14-7-8-15-28(27)35-33(40)29-16-9-21-37(29)22-23-10-3-1-4-11-23;/h1-8,10-15,17-20,29,31-32,39H,9,16,21-22H2,(H2,35,36,40,41,42);/p-1/t29-,31-,32+;/m0./s1. The number of hydrogen-bond donors (Lipinski definition) is 2. The van der Waals surface area contributed by atoms with Crippen molar-refractivity contribution in [1.82, 2.24) is 4.90 Å². The van der Waals surface area contributed by atoms with Gasteiger partial charge in [0.05, 0.1) is 22.6 Å². The first kappa shape index (κ1) is 33.2. The van der Waals surface area contributed by atoms with Crippen molar-refractivity contribution in [3.63, 3.8) is 0 Å². The quantitative estimate of drug-likeness (QED) is 0.0901. The van der Waals surface area contributed by atoms with E-state index in [0.29, 0.717) is 29.8 Å². The third-order valence-corrected chi connectivity index (χ3v) is 7.58. The molecule has 0 bridgehead atoms. The molecule has 1 aliphatic heterocycles. The van der Waals surface area contributed by atoms with Gasteiger partial charge in [-0.3, -0.25) is 20.0 Å². The van der Waals surface area contributed by atoms with Gasteiger partial charge in [0.2, 0.25) is 0 Å². The van der Waals surface area contributed by atoms with Crippen LogP contribution in [0.15, 0.2) is 114 Å². The number of carboxylic acids is 1. The van der Waals surface area contributed by atoms with Crippen LogP contribution >= 0.6 is 0 Å². The van der Waals surface area contributed by atoms with Crippen LogP contribution in [-0.4, -0.2) is 56.3 Å². The van der Waals surface area contributed by atoms with Crippen molar-refractivity contribution in [3.05, 3.63) is 147 Å². The summed E-state index contributed by atoms with van der Waals surface area (Å²) in [5, 5.41) is 36.8. The Kier molecular flexibility index (Phi) is 11.3. The maximum Gasteiger partial charge on any atom is 0.331 e. The number of aliphatic hydroxyl groups is 1. The molecule has 4 aromatic carbocycles. The van der Waals surface area contributed by atoms with Gasteiger partial charge in [-0.1, -0.05) is 84.9 Å². The van der Waals surface area contributed by atoms with Gasteiger partial charge in [-0.2, -0.15) is 0 Å². The Balaban J connectivity index is 0.00000461. The Bertz CT molecular complexity index is 1650. The first-order valence-corrected chi connectivity index (χ1v) is 14.2. The Morgan fingerprint density at radius 3 is 2.20 bits per heavy atom. The third kappa shape index (κ3) is 8.07. The molecule has 0 saturated carbocycles. The van der Waals surface area contributed by atoms with E-state index in [1.54, 1.807) is 48.5 Å². The molecule has 3 atom stereocenters. The molecule has 45 heavy (non-hydrogen) atoms. The number of aliphatic hydroxyl groups excluding tert-OH is 1. The minimum absolute atomic E-state index is 0. The fourth-order valence-corrected chi connectivity index (χ4v) is 5.35. The number of likely N-dealkylation sites (tertiary alicyclic amines) is 1. The summed E-state index contributed by atoms with van der Waals surface area (Å²) >= 11 is 0. The van der Waals surface area contributed by atoms with Crippen LogP contribution < -0.4 is 0 Å². The monoisotopic (exact) mass is 649 g/mol. The molecule has 10 nitrogen and oxygen atoms in total. The number of nitro groups is 1. The van der Waals surface area contributed by atoms with Gasteiger partial charge < -0.3 is 20.3 Å². The summed E-state index contributed by atoms with van der Waals surface area (Å²) < 4.78 is 0. The third-order valence-electron chi connectivity index (χ3n) is 7.58. The predicted molar refractivity (Wildman–Crippen MR) is 166 cm³/mol. The van der Waals surface area contributed by atoms with Crippen LogP contribution in [0.4, 0.5) is 11.4 Å². The number of carboxylic acid groups (broad SMARTS) is 1. The van der Waals surface area contributed by atoms with Crippen LogP contribution in [0.2, 0.25) is 0 Å². The fourth-order valence-electron chi connectivity index (χ4n) is 5.35. The normalized spacial score (nSPS) is 16.3. The largest absolute Gasteiger partial charge is 0.625 e. The van der Waals surface area contributed by atoms with Crippen LogP contribution in [0.3, 0.4) is 0 Å². The number of hydrogen-bond acceptors (Lipinski definition) is 7. The second-order valence-corrected chi connectivity index (χ2v) is 10.5. The van der Waals surface area contributed by atoms with E-state index in [2.05, 4.69) is 15.2 Å². The summed E-state index contributed by atoms with van der Waals surface area (Å²) in [5.41, 5.74) is 2.65. The van der Waals surface area contributed by atoms with E-state index in [1.165, 1.54) is 24.3 Å². The number of carbonyl (C=O) groups is 2. The SMILES string of the molecule is O=C(O)[C@@H](N=C(c1ccccc1)c1ccccc1[N-]C(=O)[C@@H]1CCCN1Cc1ccccc1)[C@H](O)c1ccc([N+](=O)[O-])cc1.[Ni]. The van der Waals surface area contributed by atoms with E-state index >= 15 is 0 Å². The number of aliphatic imine (C=N–C) groups is 1. The molecular formula is C34H31N4NiO6-. The molecular weight excluding hydrogens is 619 g/mol. The summed E-state index contributed by atoms with van der Waals surface area (Å²) in [5.74, 6) is -1.68. The zero-order valence-electron chi connectivity index (χ0n) is 24.1. The van der Waals surface area contributed by atoms with Crippen LogP contribution in [-0.2, 0) is 32.6 Å². The summed E-state index contributed by atoms with van der Waals surface area (Å²) in [7, 11) is 0. The molecule has 0 aliphatic carbocycles. The number of nitrogens with zero attached hydrogens (tertiary/aromatic N) is 4. The van der Waals surface area contributed by atoms with Crippen molar-refractivity contribution in [1.29, 1.82) is 0 Å². The van der Waals surface area contributed by atoms with Gasteiger partial charge in [-0.25, -0.2) is 4.79 Å². The molecule has 1 saturated heterocycles.